The van der Waals surface area contributed by atoms with Gasteiger partial charge in [0.2, 0.25) is 0 Å². The summed E-state index contributed by atoms with van der Waals surface area (Å²) in [5, 5.41) is 0. The zero-order valence-corrected chi connectivity index (χ0v) is 25.8. The highest BCUT2D eigenvalue weighted by Crippen LogP contribution is 2.62. The summed E-state index contributed by atoms with van der Waals surface area (Å²) in [6, 6.07) is 0. The normalized spacial score (nSPS) is 11.8. The molecule has 0 saturated heterocycles. The molecular weight excluding hydrogens is 447 g/mol. The molecule has 35 heavy (non-hydrogen) atoms. The second-order valence-electron chi connectivity index (χ2n) is 11.2. The Bertz CT molecular complexity index is 396. The van der Waals surface area contributed by atoms with E-state index in [4.69, 9.17) is 4.52 Å². The first-order valence-electron chi connectivity index (χ1n) is 16.2. The fourth-order valence-electron chi connectivity index (χ4n) is 5.15. The smallest absolute Gasteiger partial charge is 0.313 e. The molecule has 0 heterocycles. The van der Waals surface area contributed by atoms with Crippen LogP contribution in [0.5, 0.6) is 0 Å². The molecule has 0 aromatic carbocycles. The van der Waals surface area contributed by atoms with Crippen LogP contribution in [-0.2, 0) is 9.32 Å². The maximum absolute atomic E-state index is 13.0. The van der Waals surface area contributed by atoms with Gasteiger partial charge in [0.25, 0.3) is 0 Å². The highest BCUT2D eigenvalue weighted by molar-refractivity contribution is 7.71. The lowest BCUT2D eigenvalue weighted by Gasteiger charge is -2.26. The molecule has 0 aromatic rings. The summed E-state index contributed by atoms with van der Waals surface area (Å²) in [5.74, 6) is 0.137. The summed E-state index contributed by atoms with van der Waals surface area (Å²) >= 11 is 0. The second kappa shape index (κ2) is 26.9. The molecule has 0 aromatic heterocycles. The highest BCUT2D eigenvalue weighted by atomic mass is 31.2. The van der Waals surface area contributed by atoms with Crippen molar-refractivity contribution in [3.8, 4) is 0 Å². The largest absolute Gasteiger partial charge is 0.349 e. The first-order valence-corrected chi connectivity index (χ1v) is 18.5. The molecule has 0 atom stereocenters. The van der Waals surface area contributed by atoms with E-state index in [1.54, 1.807) is 0 Å². The van der Waals surface area contributed by atoms with E-state index in [1.807, 2.05) is 0 Å². The van der Waals surface area contributed by atoms with Crippen LogP contribution in [0.1, 0.15) is 182 Å². The van der Waals surface area contributed by atoms with Crippen LogP contribution in [0.2, 0.25) is 0 Å². The third-order valence-corrected chi connectivity index (χ3v) is 11.5. The van der Waals surface area contributed by atoms with Crippen LogP contribution in [0.4, 0.5) is 0 Å². The molecule has 0 aliphatic rings. The van der Waals surface area contributed by atoms with Crippen LogP contribution in [0, 0.1) is 0 Å². The van der Waals surface area contributed by atoms with E-state index in [1.165, 1.54) is 160 Å². The van der Waals surface area contributed by atoms with Gasteiger partial charge >= 0.3 is 5.97 Å². The Kier molecular flexibility index (Phi) is 26.9. The minimum atomic E-state index is -1.63. The molecule has 0 N–H and O–H groups in total. The van der Waals surface area contributed by atoms with E-state index < -0.39 is 7.49 Å². The van der Waals surface area contributed by atoms with Crippen molar-refractivity contribution in [1.82, 2.24) is 0 Å². The Hall–Kier alpha value is -0.100. The first-order chi connectivity index (χ1) is 17.1. The van der Waals surface area contributed by atoms with E-state index in [0.717, 1.165) is 6.42 Å². The topological polar surface area (TPSA) is 26.3 Å². The van der Waals surface area contributed by atoms with Gasteiger partial charge in [-0.15, -0.1) is 0 Å². The summed E-state index contributed by atoms with van der Waals surface area (Å²) in [5.41, 5.74) is 0. The minimum absolute atomic E-state index is 0.137. The van der Waals surface area contributed by atoms with Crippen molar-refractivity contribution in [3.63, 3.8) is 0 Å². The standard InChI is InChI=1S/C32H66O2P/c1-5-9-13-17-21-25-29-35(30-26-22-18-14-10-6-2,31-27-23-19-15-11-7-3)34-32(33)28-24-20-16-12-8-4/h5-31H2,1-4H3/q+1. The number of rotatable bonds is 28. The third kappa shape index (κ3) is 22.8. The SMILES string of the molecule is CCCCCCCC[P+](CCCCCCCC)(CCCCCCCC)OC(=O)CCCCCCC. The van der Waals surface area contributed by atoms with Gasteiger partial charge in [-0.05, 0) is 44.9 Å². The van der Waals surface area contributed by atoms with Gasteiger partial charge in [0.1, 0.15) is 0 Å². The zero-order valence-electron chi connectivity index (χ0n) is 24.9. The molecule has 0 saturated carbocycles. The quantitative estimate of drug-likeness (QED) is 0.0768. The van der Waals surface area contributed by atoms with Crippen LogP contribution in [0.15, 0.2) is 0 Å². The summed E-state index contributed by atoms with van der Waals surface area (Å²) < 4.78 is 6.60. The van der Waals surface area contributed by atoms with Gasteiger partial charge in [0.05, 0.1) is 24.9 Å². The number of carbonyl (C=O) groups is 1. The third-order valence-electron chi connectivity index (χ3n) is 7.54. The molecular formula is C32H66O2P+. The molecule has 0 aliphatic heterocycles. The van der Waals surface area contributed by atoms with Crippen molar-refractivity contribution in [2.45, 2.75) is 182 Å². The van der Waals surface area contributed by atoms with Crippen molar-refractivity contribution in [1.29, 1.82) is 0 Å². The lowest BCUT2D eigenvalue weighted by atomic mass is 10.1. The van der Waals surface area contributed by atoms with Crippen molar-refractivity contribution >= 4 is 13.5 Å². The molecule has 0 aliphatic carbocycles. The minimum Gasteiger partial charge on any atom is -0.313 e. The van der Waals surface area contributed by atoms with Gasteiger partial charge in [-0.2, -0.15) is 0 Å². The predicted molar refractivity (Wildman–Crippen MR) is 161 cm³/mol. The first kappa shape index (κ1) is 34.9. The molecule has 0 amide bonds. The van der Waals surface area contributed by atoms with Crippen LogP contribution in [0.25, 0.3) is 0 Å². The van der Waals surface area contributed by atoms with Crippen LogP contribution >= 0.6 is 7.49 Å². The number of hydrogen-bond donors (Lipinski definition) is 0. The summed E-state index contributed by atoms with van der Waals surface area (Å²) in [7, 11) is -1.63. The van der Waals surface area contributed by atoms with Gasteiger partial charge in [-0.1, -0.05) is 130 Å². The monoisotopic (exact) mass is 513 g/mol. The van der Waals surface area contributed by atoms with Crippen molar-refractivity contribution in [3.05, 3.63) is 0 Å². The molecule has 0 bridgehead atoms. The van der Waals surface area contributed by atoms with E-state index in [2.05, 4.69) is 27.7 Å². The van der Waals surface area contributed by atoms with Crippen LogP contribution in [-0.4, -0.2) is 24.5 Å². The summed E-state index contributed by atoms with van der Waals surface area (Å²) in [4.78, 5) is 13.0. The van der Waals surface area contributed by atoms with Crippen LogP contribution in [0.3, 0.4) is 0 Å². The fraction of sp³-hybridized carbons (Fsp3) is 0.969. The van der Waals surface area contributed by atoms with Gasteiger partial charge in [-0.25, -0.2) is 4.79 Å². The van der Waals surface area contributed by atoms with Crippen molar-refractivity contribution in [2.24, 2.45) is 0 Å². The van der Waals surface area contributed by atoms with Gasteiger partial charge < -0.3 is 4.52 Å². The van der Waals surface area contributed by atoms with E-state index in [9.17, 15) is 4.79 Å². The number of carbonyl (C=O) groups excluding carboxylic acids is 1. The van der Waals surface area contributed by atoms with E-state index >= 15 is 0 Å². The molecule has 2 nitrogen and oxygen atoms in total. The maximum atomic E-state index is 13.0. The molecule has 0 unspecified atom stereocenters. The van der Waals surface area contributed by atoms with Gasteiger partial charge in [0, 0.05) is 0 Å². The molecule has 0 fully saturated rings. The molecule has 0 radical (unpaired) electrons. The van der Waals surface area contributed by atoms with Crippen LogP contribution < -0.4 is 0 Å². The van der Waals surface area contributed by atoms with E-state index in [0.29, 0.717) is 6.42 Å². The van der Waals surface area contributed by atoms with Gasteiger partial charge in [-0.3, -0.25) is 0 Å². The van der Waals surface area contributed by atoms with E-state index in [-0.39, 0.29) is 5.97 Å². The average Bonchev–Trinajstić information content (AvgIpc) is 2.85. The molecule has 210 valence electrons. The Morgan fingerprint density at radius 1 is 0.429 bits per heavy atom. The molecule has 3 heteroatoms. The number of hydrogen-bond acceptors (Lipinski definition) is 2. The Labute approximate surface area is 222 Å². The maximum Gasteiger partial charge on any atom is 0.349 e. The summed E-state index contributed by atoms with van der Waals surface area (Å²) in [6.45, 7) is 9.12. The summed E-state index contributed by atoms with van der Waals surface area (Å²) in [6.07, 6.45) is 34.2. The fourth-order valence-corrected chi connectivity index (χ4v) is 9.02. The van der Waals surface area contributed by atoms with Crippen molar-refractivity contribution < 1.29 is 9.32 Å². The average molecular weight is 514 g/mol. The highest BCUT2D eigenvalue weighted by Gasteiger charge is 2.41. The lowest BCUT2D eigenvalue weighted by molar-refractivity contribution is -0.134. The Morgan fingerprint density at radius 3 is 1.06 bits per heavy atom. The lowest BCUT2D eigenvalue weighted by Crippen LogP contribution is -2.17. The van der Waals surface area contributed by atoms with Crippen molar-refractivity contribution in [2.75, 3.05) is 18.5 Å². The second-order valence-corrected chi connectivity index (χ2v) is 14.8. The zero-order chi connectivity index (χ0) is 25.9. The predicted octanol–water partition coefficient (Wildman–Crippen LogP) is 11.9. The molecule has 0 spiro atoms. The van der Waals surface area contributed by atoms with Gasteiger partial charge in [0.15, 0.2) is 7.49 Å². The Balaban J connectivity index is 4.96. The molecule has 0 rings (SSSR count). The number of unbranched alkanes of at least 4 members (excludes halogenated alkanes) is 19. The Morgan fingerprint density at radius 2 is 0.714 bits per heavy atom.